The molecule has 0 aliphatic carbocycles. The highest BCUT2D eigenvalue weighted by molar-refractivity contribution is 5.70. The van der Waals surface area contributed by atoms with Crippen LogP contribution in [0, 0.1) is 0 Å². The molecule has 1 rings (SSSR count). The van der Waals surface area contributed by atoms with Gasteiger partial charge >= 0.3 is 6.09 Å². The Morgan fingerprint density at radius 3 is 2.64 bits per heavy atom. The molecule has 0 aromatic heterocycles. The lowest BCUT2D eigenvalue weighted by Crippen LogP contribution is -2.26. The van der Waals surface area contributed by atoms with E-state index in [1.54, 1.807) is 18.2 Å². The van der Waals surface area contributed by atoms with Crippen LogP contribution in [-0.4, -0.2) is 12.6 Å². The number of amides is 1. The van der Waals surface area contributed by atoms with E-state index in [4.69, 9.17) is 4.74 Å². The lowest BCUT2D eigenvalue weighted by atomic mass is 10.2. The van der Waals surface area contributed by atoms with E-state index < -0.39 is 6.09 Å². The van der Waals surface area contributed by atoms with Crippen LogP contribution in [0.4, 0.5) is 4.79 Å². The van der Waals surface area contributed by atoms with E-state index in [9.17, 15) is 4.79 Å². The van der Waals surface area contributed by atoms with E-state index in [0.29, 0.717) is 12.3 Å². The van der Waals surface area contributed by atoms with Crippen LogP contribution in [0.5, 0.6) is 5.75 Å². The Balaban J connectivity index is 2.59. The molecule has 0 fully saturated rings. The molecule has 0 heterocycles. The third-order valence-corrected chi connectivity index (χ3v) is 1.65. The molecule has 0 saturated heterocycles. The molecule has 0 aliphatic rings. The second-order valence-electron chi connectivity index (χ2n) is 2.69. The first-order valence-corrected chi connectivity index (χ1v) is 4.44. The summed E-state index contributed by atoms with van der Waals surface area (Å²) in [5, 5.41) is 2.54. The zero-order chi connectivity index (χ0) is 10.4. The summed E-state index contributed by atoms with van der Waals surface area (Å²) in [6, 6.07) is 7.13. The second-order valence-corrected chi connectivity index (χ2v) is 2.69. The summed E-state index contributed by atoms with van der Waals surface area (Å²) < 4.78 is 4.97. The first kappa shape index (κ1) is 10.3. The second kappa shape index (κ2) is 5.07. The van der Waals surface area contributed by atoms with Gasteiger partial charge in [-0.15, -0.1) is 0 Å². The van der Waals surface area contributed by atoms with Crippen molar-refractivity contribution in [1.82, 2.24) is 5.32 Å². The number of hydrogen-bond acceptors (Lipinski definition) is 2. The predicted octanol–water partition coefficient (Wildman–Crippen LogP) is 2.44. The van der Waals surface area contributed by atoms with Crippen molar-refractivity contribution in [2.45, 2.75) is 6.92 Å². The summed E-state index contributed by atoms with van der Waals surface area (Å²) in [7, 11) is 0. The Labute approximate surface area is 83.4 Å². The average Bonchev–Trinajstić information content (AvgIpc) is 2.19. The van der Waals surface area contributed by atoms with E-state index in [1.807, 2.05) is 19.1 Å². The molecule has 0 bridgehead atoms. The number of ether oxygens (including phenoxy) is 1. The number of carbonyl (C=O) groups is 1. The number of rotatable bonds is 3. The standard InChI is InChI=1S/C11H13NO2/c1-3-9-5-7-10(8-6-9)14-11(13)12-4-2/h3,5-8H,1,4H2,2H3,(H,12,13). The van der Waals surface area contributed by atoms with Gasteiger partial charge in [0, 0.05) is 6.54 Å². The van der Waals surface area contributed by atoms with Crippen LogP contribution in [0.1, 0.15) is 12.5 Å². The van der Waals surface area contributed by atoms with Crippen molar-refractivity contribution in [3.63, 3.8) is 0 Å². The zero-order valence-electron chi connectivity index (χ0n) is 8.12. The van der Waals surface area contributed by atoms with Gasteiger partial charge in [0.25, 0.3) is 0 Å². The summed E-state index contributed by atoms with van der Waals surface area (Å²) in [5.74, 6) is 0.529. The Kier molecular flexibility index (Phi) is 3.73. The molecule has 0 spiro atoms. The summed E-state index contributed by atoms with van der Waals surface area (Å²) in [6.07, 6.45) is 1.30. The van der Waals surface area contributed by atoms with Crippen LogP contribution in [-0.2, 0) is 0 Å². The molecule has 1 aromatic rings. The van der Waals surface area contributed by atoms with Gasteiger partial charge < -0.3 is 10.1 Å². The normalized spacial score (nSPS) is 9.21. The molecule has 0 saturated carbocycles. The van der Waals surface area contributed by atoms with Gasteiger partial charge in [-0.1, -0.05) is 24.8 Å². The van der Waals surface area contributed by atoms with Crippen molar-refractivity contribution in [2.75, 3.05) is 6.54 Å². The van der Waals surface area contributed by atoms with Gasteiger partial charge in [0.05, 0.1) is 0 Å². The first-order valence-electron chi connectivity index (χ1n) is 4.44. The first-order chi connectivity index (χ1) is 6.76. The van der Waals surface area contributed by atoms with Crippen molar-refractivity contribution in [3.8, 4) is 5.75 Å². The molecule has 1 N–H and O–H groups in total. The number of nitrogens with one attached hydrogen (secondary N) is 1. The maximum atomic E-state index is 11.0. The SMILES string of the molecule is C=Cc1ccc(OC(=O)NCC)cc1. The molecule has 0 aliphatic heterocycles. The van der Waals surface area contributed by atoms with Crippen molar-refractivity contribution in [1.29, 1.82) is 0 Å². The van der Waals surface area contributed by atoms with Gasteiger partial charge in [-0.2, -0.15) is 0 Å². The number of hydrogen-bond donors (Lipinski definition) is 1. The van der Waals surface area contributed by atoms with Gasteiger partial charge in [-0.05, 0) is 24.6 Å². The topological polar surface area (TPSA) is 38.3 Å². The van der Waals surface area contributed by atoms with Crippen molar-refractivity contribution in [2.24, 2.45) is 0 Å². The fourth-order valence-corrected chi connectivity index (χ4v) is 0.959. The molecule has 0 atom stereocenters. The highest BCUT2D eigenvalue weighted by atomic mass is 16.5. The van der Waals surface area contributed by atoms with Crippen LogP contribution in [0.2, 0.25) is 0 Å². The minimum absolute atomic E-state index is 0.432. The van der Waals surface area contributed by atoms with Gasteiger partial charge in [0.2, 0.25) is 0 Å². The Morgan fingerprint density at radius 2 is 2.14 bits per heavy atom. The summed E-state index contributed by atoms with van der Waals surface area (Å²) in [6.45, 7) is 6.03. The van der Waals surface area contributed by atoms with Crippen LogP contribution in [0.15, 0.2) is 30.8 Å². The van der Waals surface area contributed by atoms with E-state index in [0.717, 1.165) is 5.56 Å². The summed E-state index contributed by atoms with van der Waals surface area (Å²) in [5.41, 5.74) is 0.994. The largest absolute Gasteiger partial charge is 0.412 e. The molecule has 1 aromatic carbocycles. The van der Waals surface area contributed by atoms with Gasteiger partial charge in [0.1, 0.15) is 5.75 Å². The predicted molar refractivity (Wildman–Crippen MR) is 56.2 cm³/mol. The van der Waals surface area contributed by atoms with Crippen LogP contribution >= 0.6 is 0 Å². The smallest absolute Gasteiger partial charge is 0.410 e. The molecule has 14 heavy (non-hydrogen) atoms. The molecule has 3 heteroatoms. The van der Waals surface area contributed by atoms with E-state index in [2.05, 4.69) is 11.9 Å². The molecule has 1 amide bonds. The molecular formula is C11H13NO2. The van der Waals surface area contributed by atoms with E-state index in [-0.39, 0.29) is 0 Å². The van der Waals surface area contributed by atoms with Gasteiger partial charge in [-0.25, -0.2) is 4.79 Å². The molecular weight excluding hydrogens is 178 g/mol. The van der Waals surface area contributed by atoms with Crippen LogP contribution < -0.4 is 10.1 Å². The van der Waals surface area contributed by atoms with Crippen LogP contribution in [0.3, 0.4) is 0 Å². The Bertz CT molecular complexity index is 317. The summed E-state index contributed by atoms with van der Waals surface area (Å²) >= 11 is 0. The zero-order valence-corrected chi connectivity index (χ0v) is 8.12. The lowest BCUT2D eigenvalue weighted by Gasteiger charge is -2.04. The lowest BCUT2D eigenvalue weighted by molar-refractivity contribution is 0.201. The fraction of sp³-hybridized carbons (Fsp3) is 0.182. The van der Waals surface area contributed by atoms with Crippen molar-refractivity contribution < 1.29 is 9.53 Å². The molecule has 0 unspecified atom stereocenters. The van der Waals surface area contributed by atoms with Crippen LogP contribution in [0.25, 0.3) is 6.08 Å². The van der Waals surface area contributed by atoms with Crippen molar-refractivity contribution >= 4 is 12.2 Å². The Hall–Kier alpha value is -1.77. The fourth-order valence-electron chi connectivity index (χ4n) is 0.959. The summed E-state index contributed by atoms with van der Waals surface area (Å²) in [4.78, 5) is 11.0. The molecule has 0 radical (unpaired) electrons. The third kappa shape index (κ3) is 2.94. The molecule has 74 valence electrons. The maximum Gasteiger partial charge on any atom is 0.412 e. The minimum atomic E-state index is -0.432. The number of benzene rings is 1. The third-order valence-electron chi connectivity index (χ3n) is 1.65. The highest BCUT2D eigenvalue weighted by Crippen LogP contribution is 2.12. The maximum absolute atomic E-state index is 11.0. The molecule has 3 nitrogen and oxygen atoms in total. The Morgan fingerprint density at radius 1 is 1.50 bits per heavy atom. The van der Waals surface area contributed by atoms with Crippen molar-refractivity contribution in [3.05, 3.63) is 36.4 Å². The van der Waals surface area contributed by atoms with Gasteiger partial charge in [0.15, 0.2) is 0 Å². The van der Waals surface area contributed by atoms with E-state index >= 15 is 0 Å². The highest BCUT2D eigenvalue weighted by Gasteiger charge is 2.00. The minimum Gasteiger partial charge on any atom is -0.410 e. The van der Waals surface area contributed by atoms with E-state index in [1.165, 1.54) is 0 Å². The average molecular weight is 191 g/mol. The van der Waals surface area contributed by atoms with Gasteiger partial charge in [-0.3, -0.25) is 0 Å². The number of carbonyl (C=O) groups excluding carboxylic acids is 1. The quantitative estimate of drug-likeness (QED) is 0.796. The monoisotopic (exact) mass is 191 g/mol.